The van der Waals surface area contributed by atoms with Gasteiger partial charge in [-0.1, -0.05) is 32.0 Å². The van der Waals surface area contributed by atoms with E-state index in [9.17, 15) is 9.18 Å². The number of piperazine rings is 1. The number of ether oxygens (including phenoxy) is 1. The Hall–Kier alpha value is -2.20. The van der Waals surface area contributed by atoms with Gasteiger partial charge in [-0.3, -0.25) is 0 Å². The number of nitrogens with zero attached hydrogens (tertiary/aromatic N) is 3. The van der Waals surface area contributed by atoms with Gasteiger partial charge in [0.15, 0.2) is 0 Å². The predicted octanol–water partition coefficient (Wildman–Crippen LogP) is 4.25. The predicted molar refractivity (Wildman–Crippen MR) is 109 cm³/mol. The molecule has 8 heteroatoms. The minimum Gasteiger partial charge on any atom is -0.444 e. The number of halogens is 2. The molecular weight excluding hydrogens is 383 g/mol. The first-order valence-corrected chi connectivity index (χ1v) is 9.60. The molecule has 28 heavy (non-hydrogen) atoms. The molecule has 2 N–H and O–H groups in total. The van der Waals surface area contributed by atoms with Crippen LogP contribution in [0.5, 0.6) is 0 Å². The third-order valence-corrected chi connectivity index (χ3v) is 4.36. The van der Waals surface area contributed by atoms with Gasteiger partial charge in [0.25, 0.3) is 0 Å². The number of nitriles is 1. The molecule has 1 aliphatic rings. The van der Waals surface area contributed by atoms with Gasteiger partial charge in [0.2, 0.25) is 0 Å². The van der Waals surface area contributed by atoms with Gasteiger partial charge in [0, 0.05) is 19.6 Å². The quantitative estimate of drug-likeness (QED) is 0.414. The fourth-order valence-electron chi connectivity index (χ4n) is 2.92. The smallest absolute Gasteiger partial charge is 0.410 e. The molecule has 0 aromatic heterocycles. The molecule has 0 bridgehead atoms. The lowest BCUT2D eigenvalue weighted by Crippen LogP contribution is -2.56. The van der Waals surface area contributed by atoms with Crippen molar-refractivity contribution in [2.24, 2.45) is 11.7 Å². The fourth-order valence-corrected chi connectivity index (χ4v) is 3.02. The summed E-state index contributed by atoms with van der Waals surface area (Å²) in [6.07, 6.45) is 1.35. The van der Waals surface area contributed by atoms with E-state index in [4.69, 9.17) is 27.3 Å². The normalized spacial score (nSPS) is 19.2. The van der Waals surface area contributed by atoms with Gasteiger partial charge in [0.05, 0.1) is 17.3 Å². The molecule has 0 spiro atoms. The highest BCUT2D eigenvalue weighted by Gasteiger charge is 2.34. The van der Waals surface area contributed by atoms with Gasteiger partial charge in [-0.15, -0.1) is 0 Å². The summed E-state index contributed by atoms with van der Waals surface area (Å²) in [5, 5.41) is 8.70. The lowest BCUT2D eigenvalue weighted by molar-refractivity contribution is -0.000560. The zero-order valence-corrected chi connectivity index (χ0v) is 18.0. The molecule has 0 aromatic carbocycles. The maximum Gasteiger partial charge on any atom is 0.410 e. The molecule has 1 heterocycles. The van der Waals surface area contributed by atoms with Crippen LogP contribution < -0.4 is 5.73 Å². The molecule has 0 aromatic rings. The second-order valence-corrected chi connectivity index (χ2v) is 8.62. The lowest BCUT2D eigenvalue weighted by Gasteiger charge is -2.43. The van der Waals surface area contributed by atoms with Crippen LogP contribution in [0.4, 0.5) is 9.18 Å². The van der Waals surface area contributed by atoms with Gasteiger partial charge < -0.3 is 20.3 Å². The fraction of sp³-hybridized carbons (Fsp3) is 0.600. The monoisotopic (exact) mass is 412 g/mol. The van der Waals surface area contributed by atoms with Gasteiger partial charge in [-0.2, -0.15) is 5.26 Å². The Morgan fingerprint density at radius 1 is 1.46 bits per heavy atom. The minimum absolute atomic E-state index is 0.128. The Labute approximate surface area is 172 Å². The van der Waals surface area contributed by atoms with Crippen molar-refractivity contribution in [1.29, 1.82) is 5.26 Å². The minimum atomic E-state index is -0.686. The molecule has 0 unspecified atom stereocenters. The topological polar surface area (TPSA) is 82.6 Å². The molecular formula is C20H30ClFN4O2. The van der Waals surface area contributed by atoms with Crippen LogP contribution >= 0.6 is 11.6 Å². The third kappa shape index (κ3) is 7.08. The average Bonchev–Trinajstić information content (AvgIpc) is 2.56. The van der Waals surface area contributed by atoms with Crippen LogP contribution in [-0.2, 0) is 4.74 Å². The summed E-state index contributed by atoms with van der Waals surface area (Å²) in [6, 6.07) is 1.60. The Balaban J connectivity index is 2.99. The Kier molecular flexibility index (Phi) is 8.37. The maximum atomic E-state index is 14.6. The van der Waals surface area contributed by atoms with Crippen molar-refractivity contribution in [2.45, 2.75) is 52.7 Å². The van der Waals surface area contributed by atoms with E-state index < -0.39 is 11.4 Å². The number of rotatable bonds is 5. The van der Waals surface area contributed by atoms with Crippen LogP contribution in [0.1, 0.15) is 41.0 Å². The van der Waals surface area contributed by atoms with Crippen molar-refractivity contribution in [3.63, 3.8) is 0 Å². The van der Waals surface area contributed by atoms with Crippen LogP contribution in [-0.4, -0.2) is 47.2 Å². The second-order valence-electron chi connectivity index (χ2n) is 8.22. The number of hydrogen-bond acceptors (Lipinski definition) is 5. The van der Waals surface area contributed by atoms with Crippen molar-refractivity contribution < 1.29 is 13.9 Å². The molecule has 156 valence electrons. The summed E-state index contributed by atoms with van der Waals surface area (Å²) in [5.74, 6) is -0.345. The van der Waals surface area contributed by atoms with Gasteiger partial charge in [0.1, 0.15) is 22.7 Å². The highest BCUT2D eigenvalue weighted by Crippen LogP contribution is 2.25. The number of carbonyl (C=O) groups is 1. The molecule has 0 aliphatic carbocycles. The standard InChI is InChI=1S/C20H30ClFN4O2/c1-13(2)9-16-12-25(7-8-26(16)19(27)28-20(4,5)6)14(3)17(22)10-15(11-23)18(21)24/h10,13,16H,3,7-9,12,24H2,1-2,4-6H3/b17-10+,18-15+/t16-/m1/s1. The van der Waals surface area contributed by atoms with Crippen molar-refractivity contribution in [2.75, 3.05) is 19.6 Å². The molecule has 1 rings (SSSR count). The van der Waals surface area contributed by atoms with Crippen molar-refractivity contribution in [3.05, 3.63) is 34.9 Å². The van der Waals surface area contributed by atoms with Crippen molar-refractivity contribution in [1.82, 2.24) is 9.80 Å². The summed E-state index contributed by atoms with van der Waals surface area (Å²) in [5.41, 5.74) is 4.74. The maximum absolute atomic E-state index is 14.6. The zero-order chi connectivity index (χ0) is 21.6. The lowest BCUT2D eigenvalue weighted by atomic mass is 10.00. The van der Waals surface area contributed by atoms with E-state index in [1.807, 2.05) is 20.8 Å². The van der Waals surface area contributed by atoms with Gasteiger partial charge in [-0.25, -0.2) is 9.18 Å². The number of nitrogens with two attached hydrogens (primary N) is 1. The zero-order valence-electron chi connectivity index (χ0n) is 17.3. The molecule has 1 atom stereocenters. The van der Waals surface area contributed by atoms with Crippen LogP contribution in [0.15, 0.2) is 34.9 Å². The van der Waals surface area contributed by atoms with E-state index >= 15 is 0 Å². The molecule has 6 nitrogen and oxygen atoms in total. The molecule has 0 saturated carbocycles. The van der Waals surface area contributed by atoms with Crippen molar-refractivity contribution >= 4 is 17.7 Å². The average molecular weight is 413 g/mol. The number of hydrogen-bond donors (Lipinski definition) is 1. The Bertz CT molecular complexity index is 700. The van der Waals surface area contributed by atoms with E-state index in [2.05, 4.69) is 20.4 Å². The first-order valence-electron chi connectivity index (χ1n) is 9.22. The van der Waals surface area contributed by atoms with Crippen LogP contribution in [0.25, 0.3) is 0 Å². The van der Waals surface area contributed by atoms with Crippen LogP contribution in [0.2, 0.25) is 0 Å². The highest BCUT2D eigenvalue weighted by atomic mass is 35.5. The molecule has 0 radical (unpaired) electrons. The number of allylic oxidation sites excluding steroid dienone is 3. The molecule has 1 aliphatic heterocycles. The summed E-state index contributed by atoms with van der Waals surface area (Å²) in [6.45, 7) is 14.6. The highest BCUT2D eigenvalue weighted by molar-refractivity contribution is 6.29. The van der Waals surface area contributed by atoms with Crippen molar-refractivity contribution in [3.8, 4) is 6.07 Å². The second kappa shape index (κ2) is 9.83. The van der Waals surface area contributed by atoms with E-state index in [-0.39, 0.29) is 28.6 Å². The summed E-state index contributed by atoms with van der Waals surface area (Å²) >= 11 is 5.59. The third-order valence-electron chi connectivity index (χ3n) is 4.16. The van der Waals surface area contributed by atoms with Crippen LogP contribution in [0, 0.1) is 17.2 Å². The van der Waals surface area contributed by atoms with E-state index in [1.54, 1.807) is 15.9 Å². The summed E-state index contributed by atoms with van der Waals surface area (Å²) in [7, 11) is 0. The van der Waals surface area contributed by atoms with Crippen LogP contribution in [0.3, 0.4) is 0 Å². The SMILES string of the molecule is C=C(/C(F)=C\C(C#N)=C(/N)Cl)N1CCN(C(=O)OC(C)(C)C)[C@H](CC(C)C)C1. The summed E-state index contributed by atoms with van der Waals surface area (Å²) < 4.78 is 20.1. The summed E-state index contributed by atoms with van der Waals surface area (Å²) in [4.78, 5) is 16.0. The molecule has 1 amide bonds. The van der Waals surface area contributed by atoms with E-state index in [0.717, 1.165) is 12.5 Å². The first-order chi connectivity index (χ1) is 12.9. The van der Waals surface area contributed by atoms with Gasteiger partial charge >= 0.3 is 6.09 Å². The van der Waals surface area contributed by atoms with E-state index in [0.29, 0.717) is 25.6 Å². The first kappa shape index (κ1) is 23.8. The molecule has 1 fully saturated rings. The Morgan fingerprint density at radius 3 is 2.54 bits per heavy atom. The number of amides is 1. The molecule has 1 saturated heterocycles. The number of carbonyl (C=O) groups excluding carboxylic acids is 1. The van der Waals surface area contributed by atoms with Gasteiger partial charge in [-0.05, 0) is 39.2 Å². The van der Waals surface area contributed by atoms with E-state index in [1.165, 1.54) is 0 Å². The Morgan fingerprint density at radius 2 is 2.07 bits per heavy atom. The largest absolute Gasteiger partial charge is 0.444 e.